The Bertz CT molecular complexity index is 624. The van der Waals surface area contributed by atoms with E-state index in [4.69, 9.17) is 0 Å². The standard InChI is InChI=1S/C16H16BrN3O/c1-12(13-7-9-14(17)10-8-13)19-20-16(21)11-18-15-5-3-2-4-6-15/h2-10,18H,11H2,1H3,(H,20,21)/b19-12-. The van der Waals surface area contributed by atoms with Crippen molar-refractivity contribution in [2.75, 3.05) is 11.9 Å². The molecule has 0 aliphatic carbocycles. The molecular formula is C16H16BrN3O. The van der Waals surface area contributed by atoms with Crippen molar-refractivity contribution in [3.05, 3.63) is 64.6 Å². The van der Waals surface area contributed by atoms with Crippen LogP contribution in [0, 0.1) is 0 Å². The summed E-state index contributed by atoms with van der Waals surface area (Å²) in [5, 5.41) is 7.13. The van der Waals surface area contributed by atoms with Crippen molar-refractivity contribution < 1.29 is 4.79 Å². The second-order valence-electron chi connectivity index (χ2n) is 4.46. The normalized spacial score (nSPS) is 11.0. The van der Waals surface area contributed by atoms with Crippen LogP contribution in [0.1, 0.15) is 12.5 Å². The van der Waals surface area contributed by atoms with Crippen LogP contribution in [0.4, 0.5) is 5.69 Å². The van der Waals surface area contributed by atoms with E-state index in [1.54, 1.807) is 0 Å². The number of hydrogen-bond acceptors (Lipinski definition) is 3. The van der Waals surface area contributed by atoms with Crippen molar-refractivity contribution in [1.82, 2.24) is 5.43 Å². The van der Waals surface area contributed by atoms with Crippen molar-refractivity contribution in [1.29, 1.82) is 0 Å². The molecule has 108 valence electrons. The Hall–Kier alpha value is -2.14. The number of anilines is 1. The summed E-state index contributed by atoms with van der Waals surface area (Å²) >= 11 is 3.38. The molecular weight excluding hydrogens is 330 g/mol. The van der Waals surface area contributed by atoms with Gasteiger partial charge in [0.15, 0.2) is 0 Å². The highest BCUT2D eigenvalue weighted by Crippen LogP contribution is 2.11. The first-order chi connectivity index (χ1) is 10.1. The molecule has 0 saturated carbocycles. The molecule has 2 N–H and O–H groups in total. The average molecular weight is 346 g/mol. The number of hydrogen-bond donors (Lipinski definition) is 2. The van der Waals surface area contributed by atoms with Gasteiger partial charge < -0.3 is 5.32 Å². The first kappa shape index (κ1) is 15.3. The summed E-state index contributed by atoms with van der Waals surface area (Å²) in [4.78, 5) is 11.7. The number of carbonyl (C=O) groups excluding carboxylic acids is 1. The Labute approximate surface area is 132 Å². The lowest BCUT2D eigenvalue weighted by Crippen LogP contribution is -2.26. The molecule has 0 fully saturated rings. The van der Waals surface area contributed by atoms with Gasteiger partial charge >= 0.3 is 0 Å². The van der Waals surface area contributed by atoms with E-state index in [9.17, 15) is 4.79 Å². The predicted octanol–water partition coefficient (Wildman–Crippen LogP) is 3.40. The summed E-state index contributed by atoms with van der Waals surface area (Å²) in [6.07, 6.45) is 0. The quantitative estimate of drug-likeness (QED) is 0.644. The molecule has 0 atom stereocenters. The second kappa shape index (κ2) is 7.59. The monoisotopic (exact) mass is 345 g/mol. The van der Waals surface area contributed by atoms with Crippen LogP contribution in [0.3, 0.4) is 0 Å². The Morgan fingerprint density at radius 3 is 2.43 bits per heavy atom. The molecule has 2 rings (SSSR count). The molecule has 0 unspecified atom stereocenters. The number of nitrogens with zero attached hydrogens (tertiary/aromatic N) is 1. The van der Waals surface area contributed by atoms with Crippen LogP contribution in [0.15, 0.2) is 64.2 Å². The molecule has 0 heterocycles. The maximum atomic E-state index is 11.7. The molecule has 5 heteroatoms. The van der Waals surface area contributed by atoms with Gasteiger partial charge in [0.05, 0.1) is 12.3 Å². The van der Waals surface area contributed by atoms with E-state index in [-0.39, 0.29) is 12.5 Å². The number of nitrogens with one attached hydrogen (secondary N) is 2. The highest BCUT2D eigenvalue weighted by molar-refractivity contribution is 9.10. The number of hydrazone groups is 1. The van der Waals surface area contributed by atoms with Gasteiger partial charge in [0.1, 0.15) is 0 Å². The van der Waals surface area contributed by atoms with Crippen LogP contribution < -0.4 is 10.7 Å². The van der Waals surface area contributed by atoms with Crippen LogP contribution in [-0.2, 0) is 4.79 Å². The van der Waals surface area contributed by atoms with Crippen molar-refractivity contribution in [2.24, 2.45) is 5.10 Å². The van der Waals surface area contributed by atoms with Crippen molar-refractivity contribution in [3.63, 3.8) is 0 Å². The van der Waals surface area contributed by atoms with Crippen LogP contribution >= 0.6 is 15.9 Å². The summed E-state index contributed by atoms with van der Waals surface area (Å²) in [7, 11) is 0. The van der Waals surface area contributed by atoms with Gasteiger partial charge in [-0.2, -0.15) is 5.10 Å². The molecule has 0 spiro atoms. The van der Waals surface area contributed by atoms with Gasteiger partial charge in [-0.3, -0.25) is 4.79 Å². The van der Waals surface area contributed by atoms with E-state index < -0.39 is 0 Å². The van der Waals surface area contributed by atoms with E-state index >= 15 is 0 Å². The molecule has 21 heavy (non-hydrogen) atoms. The van der Waals surface area contributed by atoms with E-state index in [1.165, 1.54) is 0 Å². The lowest BCUT2D eigenvalue weighted by atomic mass is 10.1. The van der Waals surface area contributed by atoms with Crippen molar-refractivity contribution >= 4 is 33.2 Å². The third kappa shape index (κ3) is 5.04. The van der Waals surface area contributed by atoms with Crippen LogP contribution in [0.25, 0.3) is 0 Å². The lowest BCUT2D eigenvalue weighted by Gasteiger charge is -2.06. The third-order valence-electron chi connectivity index (χ3n) is 2.84. The minimum absolute atomic E-state index is 0.182. The summed E-state index contributed by atoms with van der Waals surface area (Å²) in [5.74, 6) is -0.185. The van der Waals surface area contributed by atoms with Crippen molar-refractivity contribution in [2.45, 2.75) is 6.92 Å². The van der Waals surface area contributed by atoms with Gasteiger partial charge in [-0.1, -0.05) is 46.3 Å². The smallest absolute Gasteiger partial charge is 0.259 e. The fraction of sp³-hybridized carbons (Fsp3) is 0.125. The Morgan fingerprint density at radius 1 is 1.10 bits per heavy atom. The molecule has 0 radical (unpaired) electrons. The summed E-state index contributed by atoms with van der Waals surface area (Å²) in [6.45, 7) is 2.04. The SMILES string of the molecule is C/C(=N/NC(=O)CNc1ccccc1)c1ccc(Br)cc1. The van der Waals surface area contributed by atoms with E-state index in [0.29, 0.717) is 0 Å². The van der Waals surface area contributed by atoms with Crippen LogP contribution in [0.5, 0.6) is 0 Å². The fourth-order valence-electron chi connectivity index (χ4n) is 1.68. The number of carbonyl (C=O) groups is 1. The largest absolute Gasteiger partial charge is 0.376 e. The molecule has 1 amide bonds. The first-order valence-electron chi connectivity index (χ1n) is 6.53. The van der Waals surface area contributed by atoms with E-state index in [2.05, 4.69) is 31.8 Å². The Balaban J connectivity index is 1.85. The summed E-state index contributed by atoms with van der Waals surface area (Å²) in [5.41, 5.74) is 5.17. The number of rotatable bonds is 5. The first-order valence-corrected chi connectivity index (χ1v) is 7.32. The zero-order valence-corrected chi connectivity index (χ0v) is 13.2. The zero-order chi connectivity index (χ0) is 15.1. The van der Waals surface area contributed by atoms with Gasteiger partial charge in [-0.25, -0.2) is 5.43 Å². The highest BCUT2D eigenvalue weighted by atomic mass is 79.9. The van der Waals surface area contributed by atoms with E-state index in [0.717, 1.165) is 21.4 Å². The third-order valence-corrected chi connectivity index (χ3v) is 3.37. The van der Waals surface area contributed by atoms with Gasteiger partial charge in [-0.05, 0) is 36.8 Å². The van der Waals surface area contributed by atoms with Crippen LogP contribution in [-0.4, -0.2) is 18.2 Å². The molecule has 0 bridgehead atoms. The maximum absolute atomic E-state index is 11.7. The molecule has 0 aromatic heterocycles. The zero-order valence-electron chi connectivity index (χ0n) is 11.6. The molecule has 4 nitrogen and oxygen atoms in total. The summed E-state index contributed by atoms with van der Waals surface area (Å²) < 4.78 is 1.01. The van der Waals surface area contributed by atoms with Gasteiger partial charge in [0.25, 0.3) is 5.91 Å². The number of benzene rings is 2. The van der Waals surface area contributed by atoms with E-state index in [1.807, 2.05) is 61.5 Å². The van der Waals surface area contributed by atoms with Gasteiger partial charge in [0, 0.05) is 10.2 Å². The maximum Gasteiger partial charge on any atom is 0.259 e. The molecule has 0 aliphatic heterocycles. The topological polar surface area (TPSA) is 53.5 Å². The van der Waals surface area contributed by atoms with Gasteiger partial charge in [0.2, 0.25) is 0 Å². The summed E-state index contributed by atoms with van der Waals surface area (Å²) in [6, 6.07) is 17.3. The number of amides is 1. The van der Waals surface area contributed by atoms with Gasteiger partial charge in [-0.15, -0.1) is 0 Å². The van der Waals surface area contributed by atoms with Crippen molar-refractivity contribution in [3.8, 4) is 0 Å². The van der Waals surface area contributed by atoms with Crippen LogP contribution in [0.2, 0.25) is 0 Å². The average Bonchev–Trinajstić information content (AvgIpc) is 2.52. The second-order valence-corrected chi connectivity index (χ2v) is 5.37. The number of halogens is 1. The molecule has 2 aromatic rings. The fourth-order valence-corrected chi connectivity index (χ4v) is 1.94. The predicted molar refractivity (Wildman–Crippen MR) is 89.4 cm³/mol. The highest BCUT2D eigenvalue weighted by Gasteiger charge is 2.01. The minimum Gasteiger partial charge on any atom is -0.376 e. The Morgan fingerprint density at radius 2 is 1.76 bits per heavy atom. The number of para-hydroxylation sites is 1. The minimum atomic E-state index is -0.185. The lowest BCUT2D eigenvalue weighted by molar-refractivity contribution is -0.119. The molecule has 2 aromatic carbocycles. The molecule has 0 saturated heterocycles. The molecule has 0 aliphatic rings. The Kier molecular flexibility index (Phi) is 5.51.